The first-order valence-electron chi connectivity index (χ1n) is 8.86. The molecule has 0 unspecified atom stereocenters. The Bertz CT molecular complexity index is 771. The summed E-state index contributed by atoms with van der Waals surface area (Å²) in [7, 11) is 0. The summed E-state index contributed by atoms with van der Waals surface area (Å²) in [4.78, 5) is 14.7. The smallest absolute Gasteiger partial charge is 0.231 e. The molecule has 25 heavy (non-hydrogen) atoms. The standard InChI is InChI=1S/C19H23N3O3/c1-14-10-20-21(11-14)12-16-3-2-8-22(16)19(23)7-5-15-4-6-17-18(9-15)25-13-24-17/h4,6,9-11,16H,2-3,5,7-8,12-13H2,1H3/t16-/m1/s1. The maximum absolute atomic E-state index is 12.7. The summed E-state index contributed by atoms with van der Waals surface area (Å²) in [6, 6.07) is 6.16. The van der Waals surface area contributed by atoms with Gasteiger partial charge in [-0.15, -0.1) is 0 Å². The molecule has 1 aromatic heterocycles. The molecule has 1 amide bonds. The van der Waals surface area contributed by atoms with E-state index in [1.54, 1.807) is 0 Å². The number of hydrogen-bond donors (Lipinski definition) is 0. The summed E-state index contributed by atoms with van der Waals surface area (Å²) in [5.74, 6) is 1.78. The minimum atomic E-state index is 0.226. The molecule has 2 aliphatic rings. The topological polar surface area (TPSA) is 56.6 Å². The fraction of sp³-hybridized carbons (Fsp3) is 0.474. The van der Waals surface area contributed by atoms with Crippen LogP contribution in [-0.2, 0) is 17.8 Å². The summed E-state index contributed by atoms with van der Waals surface area (Å²) in [6.45, 7) is 3.95. The van der Waals surface area contributed by atoms with Crippen LogP contribution in [-0.4, -0.2) is 40.0 Å². The molecule has 0 aliphatic carbocycles. The number of nitrogens with zero attached hydrogens (tertiary/aromatic N) is 3. The van der Waals surface area contributed by atoms with Gasteiger partial charge in [-0.05, 0) is 49.4 Å². The van der Waals surface area contributed by atoms with Gasteiger partial charge < -0.3 is 14.4 Å². The van der Waals surface area contributed by atoms with Crippen molar-refractivity contribution in [1.29, 1.82) is 0 Å². The van der Waals surface area contributed by atoms with Gasteiger partial charge >= 0.3 is 0 Å². The highest BCUT2D eigenvalue weighted by Crippen LogP contribution is 2.33. The molecule has 0 bridgehead atoms. The number of fused-ring (bicyclic) bond motifs is 1. The fourth-order valence-corrected chi connectivity index (χ4v) is 3.63. The molecule has 4 rings (SSSR count). The van der Waals surface area contributed by atoms with Crippen LogP contribution in [0.15, 0.2) is 30.6 Å². The number of aromatic nitrogens is 2. The monoisotopic (exact) mass is 341 g/mol. The van der Waals surface area contributed by atoms with Gasteiger partial charge in [-0.3, -0.25) is 9.48 Å². The molecule has 6 nitrogen and oxygen atoms in total. The quantitative estimate of drug-likeness (QED) is 0.839. The van der Waals surface area contributed by atoms with E-state index in [0.717, 1.165) is 55.0 Å². The lowest BCUT2D eigenvalue weighted by atomic mass is 10.1. The van der Waals surface area contributed by atoms with E-state index in [-0.39, 0.29) is 18.7 Å². The van der Waals surface area contributed by atoms with Crippen LogP contribution in [0.1, 0.15) is 30.4 Å². The van der Waals surface area contributed by atoms with Crippen molar-refractivity contribution < 1.29 is 14.3 Å². The van der Waals surface area contributed by atoms with Crippen LogP contribution < -0.4 is 9.47 Å². The molecular formula is C19H23N3O3. The number of benzene rings is 1. The molecule has 0 radical (unpaired) electrons. The fourth-order valence-electron chi connectivity index (χ4n) is 3.63. The van der Waals surface area contributed by atoms with Gasteiger partial charge in [-0.2, -0.15) is 5.10 Å². The van der Waals surface area contributed by atoms with Gasteiger partial charge in [0, 0.05) is 19.2 Å². The molecule has 0 saturated carbocycles. The molecule has 1 fully saturated rings. The zero-order valence-electron chi connectivity index (χ0n) is 14.5. The highest BCUT2D eigenvalue weighted by molar-refractivity contribution is 5.77. The van der Waals surface area contributed by atoms with Crippen molar-refractivity contribution in [1.82, 2.24) is 14.7 Å². The lowest BCUT2D eigenvalue weighted by Crippen LogP contribution is -2.38. The van der Waals surface area contributed by atoms with Gasteiger partial charge in [-0.1, -0.05) is 6.07 Å². The zero-order chi connectivity index (χ0) is 17.2. The van der Waals surface area contributed by atoms with E-state index in [0.29, 0.717) is 6.42 Å². The van der Waals surface area contributed by atoms with E-state index in [1.165, 1.54) is 0 Å². The average Bonchev–Trinajstić information content (AvgIpc) is 3.33. The lowest BCUT2D eigenvalue weighted by molar-refractivity contribution is -0.132. The Hall–Kier alpha value is -2.50. The molecule has 6 heteroatoms. The first-order valence-corrected chi connectivity index (χ1v) is 8.86. The minimum Gasteiger partial charge on any atom is -0.454 e. The molecule has 2 aliphatic heterocycles. The second-order valence-electron chi connectivity index (χ2n) is 6.81. The second-order valence-corrected chi connectivity index (χ2v) is 6.81. The first kappa shape index (κ1) is 16.0. The molecule has 1 atom stereocenters. The van der Waals surface area contributed by atoms with Gasteiger partial charge in [0.15, 0.2) is 11.5 Å². The highest BCUT2D eigenvalue weighted by atomic mass is 16.7. The number of carbonyl (C=O) groups excluding carboxylic acids is 1. The average molecular weight is 341 g/mol. The van der Waals surface area contributed by atoms with Crippen molar-refractivity contribution in [2.24, 2.45) is 0 Å². The third-order valence-electron chi connectivity index (χ3n) is 4.92. The van der Waals surface area contributed by atoms with Crippen LogP contribution in [0.5, 0.6) is 11.5 Å². The highest BCUT2D eigenvalue weighted by Gasteiger charge is 2.28. The molecule has 0 spiro atoms. The number of hydrogen-bond acceptors (Lipinski definition) is 4. The SMILES string of the molecule is Cc1cnn(C[C@H]2CCCN2C(=O)CCc2ccc3c(c2)OCO3)c1. The molecule has 1 aromatic carbocycles. The normalized spacial score (nSPS) is 18.8. The maximum Gasteiger partial charge on any atom is 0.231 e. The van der Waals surface area contributed by atoms with Crippen molar-refractivity contribution in [3.63, 3.8) is 0 Å². The van der Waals surface area contributed by atoms with Crippen molar-refractivity contribution >= 4 is 5.91 Å². The van der Waals surface area contributed by atoms with E-state index >= 15 is 0 Å². The molecule has 2 aromatic rings. The Kier molecular flexibility index (Phi) is 4.34. The van der Waals surface area contributed by atoms with Crippen LogP contribution >= 0.6 is 0 Å². The Morgan fingerprint density at radius 1 is 1.32 bits per heavy atom. The van der Waals surface area contributed by atoms with Gasteiger partial charge in [0.25, 0.3) is 0 Å². The number of likely N-dealkylation sites (tertiary alicyclic amines) is 1. The molecule has 0 N–H and O–H groups in total. The summed E-state index contributed by atoms with van der Waals surface area (Å²) in [6.07, 6.45) is 7.26. The Labute approximate surface area is 147 Å². The summed E-state index contributed by atoms with van der Waals surface area (Å²) < 4.78 is 12.7. The van der Waals surface area contributed by atoms with E-state index in [4.69, 9.17) is 9.47 Å². The van der Waals surface area contributed by atoms with Crippen LogP contribution in [0.4, 0.5) is 0 Å². The van der Waals surface area contributed by atoms with Crippen molar-refractivity contribution in [2.45, 2.75) is 45.2 Å². The predicted molar refractivity (Wildman–Crippen MR) is 92.6 cm³/mol. The number of aryl methyl sites for hydroxylation is 2. The number of rotatable bonds is 5. The maximum atomic E-state index is 12.7. The van der Waals surface area contributed by atoms with E-state index < -0.39 is 0 Å². The summed E-state index contributed by atoms with van der Waals surface area (Å²) >= 11 is 0. The third-order valence-corrected chi connectivity index (χ3v) is 4.92. The van der Waals surface area contributed by atoms with E-state index in [2.05, 4.69) is 5.10 Å². The number of carbonyl (C=O) groups is 1. The van der Waals surface area contributed by atoms with E-state index in [1.807, 2.05) is 47.1 Å². The van der Waals surface area contributed by atoms with Gasteiger partial charge in [0.1, 0.15) is 0 Å². The van der Waals surface area contributed by atoms with E-state index in [9.17, 15) is 4.79 Å². The Morgan fingerprint density at radius 3 is 3.04 bits per heavy atom. The molecule has 3 heterocycles. The third kappa shape index (κ3) is 3.48. The summed E-state index contributed by atoms with van der Waals surface area (Å²) in [5.41, 5.74) is 2.26. The van der Waals surface area contributed by atoms with Crippen molar-refractivity contribution in [3.8, 4) is 11.5 Å². The summed E-state index contributed by atoms with van der Waals surface area (Å²) in [5, 5.41) is 4.35. The molecular weight excluding hydrogens is 318 g/mol. The Morgan fingerprint density at radius 2 is 2.20 bits per heavy atom. The van der Waals surface area contributed by atoms with Crippen LogP contribution in [0, 0.1) is 6.92 Å². The largest absolute Gasteiger partial charge is 0.454 e. The van der Waals surface area contributed by atoms with Crippen molar-refractivity contribution in [3.05, 3.63) is 41.7 Å². The minimum absolute atomic E-state index is 0.226. The van der Waals surface area contributed by atoms with Crippen molar-refractivity contribution in [2.75, 3.05) is 13.3 Å². The lowest BCUT2D eigenvalue weighted by Gasteiger charge is -2.25. The van der Waals surface area contributed by atoms with Gasteiger partial charge in [-0.25, -0.2) is 0 Å². The predicted octanol–water partition coefficient (Wildman–Crippen LogP) is 2.54. The van der Waals surface area contributed by atoms with Crippen LogP contribution in [0.2, 0.25) is 0 Å². The van der Waals surface area contributed by atoms with Crippen LogP contribution in [0.25, 0.3) is 0 Å². The number of amides is 1. The first-order chi connectivity index (χ1) is 12.2. The Balaban J connectivity index is 1.35. The molecule has 1 saturated heterocycles. The van der Waals surface area contributed by atoms with Gasteiger partial charge in [0.2, 0.25) is 12.7 Å². The zero-order valence-corrected chi connectivity index (χ0v) is 14.5. The van der Waals surface area contributed by atoms with Gasteiger partial charge in [0.05, 0.1) is 18.8 Å². The van der Waals surface area contributed by atoms with Crippen LogP contribution in [0.3, 0.4) is 0 Å². The number of ether oxygens (including phenoxy) is 2. The second kappa shape index (κ2) is 6.78. The molecule has 132 valence electrons.